The van der Waals surface area contributed by atoms with Crippen molar-refractivity contribution < 1.29 is 39.8 Å². The van der Waals surface area contributed by atoms with Crippen molar-refractivity contribution in [2.45, 2.75) is 365 Å². The van der Waals surface area contributed by atoms with E-state index in [-0.39, 0.29) is 12.5 Å². The summed E-state index contributed by atoms with van der Waals surface area (Å²) in [6.07, 6.45) is 67.0. The fourth-order valence-corrected chi connectivity index (χ4v) is 10.5. The molecular formula is C66H125NO8. The molecule has 0 aliphatic carbocycles. The van der Waals surface area contributed by atoms with E-state index in [1.807, 2.05) is 6.08 Å². The van der Waals surface area contributed by atoms with Gasteiger partial charge in [0.15, 0.2) is 6.29 Å². The van der Waals surface area contributed by atoms with Gasteiger partial charge in [0, 0.05) is 6.42 Å². The van der Waals surface area contributed by atoms with Crippen molar-refractivity contribution in [3.05, 3.63) is 36.5 Å². The quantitative estimate of drug-likeness (QED) is 0.0261. The number of unbranched alkanes of at least 4 members (excludes halogenated alkanes) is 43. The highest BCUT2D eigenvalue weighted by atomic mass is 16.7. The maximum absolute atomic E-state index is 13.1. The Labute approximate surface area is 463 Å². The topological polar surface area (TPSA) is 149 Å². The molecule has 6 N–H and O–H groups in total. The molecule has 1 fully saturated rings. The largest absolute Gasteiger partial charge is 0.394 e. The summed E-state index contributed by atoms with van der Waals surface area (Å²) in [6, 6.07) is -0.826. The first-order valence-electron chi connectivity index (χ1n) is 32.7. The second kappa shape index (κ2) is 55.7. The summed E-state index contributed by atoms with van der Waals surface area (Å²) >= 11 is 0. The van der Waals surface area contributed by atoms with E-state index < -0.39 is 49.5 Å². The zero-order valence-electron chi connectivity index (χ0n) is 49.3. The lowest BCUT2D eigenvalue weighted by atomic mass is 9.99. The third-order valence-corrected chi connectivity index (χ3v) is 15.7. The van der Waals surface area contributed by atoms with Crippen LogP contribution in [0.15, 0.2) is 36.5 Å². The Morgan fingerprint density at radius 2 is 0.760 bits per heavy atom. The average Bonchev–Trinajstić information content (AvgIpc) is 3.41. The van der Waals surface area contributed by atoms with Crippen LogP contribution in [0.2, 0.25) is 0 Å². The summed E-state index contributed by atoms with van der Waals surface area (Å²) in [7, 11) is 0. The number of ether oxygens (including phenoxy) is 2. The number of rotatable bonds is 57. The van der Waals surface area contributed by atoms with Crippen LogP contribution in [0, 0.1) is 0 Å². The van der Waals surface area contributed by atoms with Crippen molar-refractivity contribution in [1.29, 1.82) is 0 Å². The molecule has 1 aliphatic heterocycles. The van der Waals surface area contributed by atoms with Gasteiger partial charge in [0.05, 0.1) is 25.4 Å². The molecular weight excluding hydrogens is 935 g/mol. The van der Waals surface area contributed by atoms with Crippen LogP contribution < -0.4 is 5.32 Å². The minimum absolute atomic E-state index is 0.186. The Balaban J connectivity index is 2.04. The molecule has 7 atom stereocenters. The van der Waals surface area contributed by atoms with E-state index in [0.717, 1.165) is 51.4 Å². The summed E-state index contributed by atoms with van der Waals surface area (Å²) in [6.45, 7) is 3.76. The van der Waals surface area contributed by atoms with Crippen LogP contribution in [-0.4, -0.2) is 87.5 Å². The lowest BCUT2D eigenvalue weighted by molar-refractivity contribution is -0.302. The first-order chi connectivity index (χ1) is 36.8. The van der Waals surface area contributed by atoms with Gasteiger partial charge in [-0.05, 0) is 44.9 Å². The molecule has 0 aromatic rings. The van der Waals surface area contributed by atoms with Crippen LogP contribution in [0.4, 0.5) is 0 Å². The molecule has 0 aromatic carbocycles. The van der Waals surface area contributed by atoms with Gasteiger partial charge in [0.2, 0.25) is 5.91 Å². The van der Waals surface area contributed by atoms with Gasteiger partial charge in [0.1, 0.15) is 24.4 Å². The molecule has 442 valence electrons. The van der Waals surface area contributed by atoms with Crippen molar-refractivity contribution in [3.63, 3.8) is 0 Å². The molecule has 0 aromatic heterocycles. The van der Waals surface area contributed by atoms with Crippen molar-refractivity contribution >= 4 is 5.91 Å². The van der Waals surface area contributed by atoms with Gasteiger partial charge < -0.3 is 40.3 Å². The zero-order chi connectivity index (χ0) is 54.3. The Bertz CT molecular complexity index is 1270. The first kappa shape index (κ1) is 71.4. The Morgan fingerprint density at radius 3 is 1.12 bits per heavy atom. The van der Waals surface area contributed by atoms with E-state index in [2.05, 4.69) is 43.5 Å². The summed E-state index contributed by atoms with van der Waals surface area (Å²) < 4.78 is 11.2. The number of amides is 1. The van der Waals surface area contributed by atoms with Crippen molar-refractivity contribution in [3.8, 4) is 0 Å². The van der Waals surface area contributed by atoms with Gasteiger partial charge >= 0.3 is 0 Å². The van der Waals surface area contributed by atoms with Crippen molar-refractivity contribution in [2.24, 2.45) is 0 Å². The molecule has 0 saturated carbocycles. The Hall–Kier alpha value is -1.59. The predicted octanol–water partition coefficient (Wildman–Crippen LogP) is 17.1. The SMILES string of the molecule is CCCCCC/C=C/CC/C=C/CC/C=C/C(O)C(COC1OC(CO)C(O)C(O)C1O)NC(=O)CCCCCCCCCCCCCCCCCCCCCCCCCCCCCCCCCCCCCCCC. The molecule has 1 saturated heterocycles. The van der Waals surface area contributed by atoms with E-state index in [9.17, 15) is 30.3 Å². The van der Waals surface area contributed by atoms with Gasteiger partial charge in [-0.3, -0.25) is 4.79 Å². The Morgan fingerprint density at radius 1 is 0.440 bits per heavy atom. The number of aliphatic hydroxyl groups excluding tert-OH is 5. The molecule has 1 amide bonds. The first-order valence-corrected chi connectivity index (χ1v) is 32.7. The highest BCUT2D eigenvalue weighted by Gasteiger charge is 2.44. The van der Waals surface area contributed by atoms with Gasteiger partial charge in [-0.2, -0.15) is 0 Å². The number of hydrogen-bond donors (Lipinski definition) is 6. The second-order valence-corrected chi connectivity index (χ2v) is 22.9. The van der Waals surface area contributed by atoms with Gasteiger partial charge in [-0.25, -0.2) is 0 Å². The van der Waals surface area contributed by atoms with E-state index >= 15 is 0 Å². The fraction of sp³-hybridized carbons (Fsp3) is 0.894. The standard InChI is InChI=1S/C66H125NO8/c1-3-5-7-9-11-13-15-17-19-20-21-22-23-24-25-26-27-28-29-30-31-32-33-34-35-36-37-38-39-40-41-42-44-46-48-50-52-54-56-62(70)67-59(58-74-66-65(73)64(72)63(71)61(57-68)75-66)60(69)55-53-51-49-47-45-43-18-16-14-12-10-8-6-4-2/h14,16,45,47,53,55,59-61,63-66,68-69,71-73H,3-13,15,17-44,46,48-52,54,56-58H2,1-2H3,(H,67,70)/b16-14+,47-45+,55-53+. The summed E-state index contributed by atoms with van der Waals surface area (Å²) in [5.74, 6) is -0.186. The van der Waals surface area contributed by atoms with Crippen LogP contribution in [0.5, 0.6) is 0 Å². The minimum atomic E-state index is -1.57. The molecule has 7 unspecified atom stereocenters. The number of carbonyl (C=O) groups excluding carboxylic acids is 1. The molecule has 1 heterocycles. The third kappa shape index (κ3) is 44.9. The van der Waals surface area contributed by atoms with Crippen LogP contribution >= 0.6 is 0 Å². The van der Waals surface area contributed by atoms with Crippen LogP contribution in [0.1, 0.15) is 322 Å². The normalized spacial score (nSPS) is 19.1. The molecule has 1 aliphatic rings. The highest BCUT2D eigenvalue weighted by Crippen LogP contribution is 2.23. The molecule has 9 nitrogen and oxygen atoms in total. The van der Waals surface area contributed by atoms with E-state index in [0.29, 0.717) is 6.42 Å². The minimum Gasteiger partial charge on any atom is -0.394 e. The lowest BCUT2D eigenvalue weighted by Gasteiger charge is -2.40. The summed E-state index contributed by atoms with van der Waals surface area (Å²) in [5.41, 5.74) is 0. The second-order valence-electron chi connectivity index (χ2n) is 22.9. The van der Waals surface area contributed by atoms with Crippen LogP contribution in [0.3, 0.4) is 0 Å². The number of nitrogens with one attached hydrogen (secondary N) is 1. The van der Waals surface area contributed by atoms with Crippen LogP contribution in [-0.2, 0) is 14.3 Å². The number of aliphatic hydroxyl groups is 5. The van der Waals surface area contributed by atoms with E-state index in [1.165, 1.54) is 250 Å². The van der Waals surface area contributed by atoms with Crippen molar-refractivity contribution in [2.75, 3.05) is 13.2 Å². The highest BCUT2D eigenvalue weighted by molar-refractivity contribution is 5.76. The number of hydrogen-bond acceptors (Lipinski definition) is 8. The zero-order valence-corrected chi connectivity index (χ0v) is 49.3. The number of carbonyl (C=O) groups is 1. The van der Waals surface area contributed by atoms with Crippen molar-refractivity contribution in [1.82, 2.24) is 5.32 Å². The van der Waals surface area contributed by atoms with Gasteiger partial charge in [-0.15, -0.1) is 0 Å². The maximum Gasteiger partial charge on any atom is 0.220 e. The molecule has 1 rings (SSSR count). The monoisotopic (exact) mass is 1060 g/mol. The maximum atomic E-state index is 13.1. The fourth-order valence-electron chi connectivity index (χ4n) is 10.5. The smallest absolute Gasteiger partial charge is 0.220 e. The third-order valence-electron chi connectivity index (χ3n) is 15.7. The molecule has 0 bridgehead atoms. The van der Waals surface area contributed by atoms with E-state index in [4.69, 9.17) is 9.47 Å². The van der Waals surface area contributed by atoms with Crippen LogP contribution in [0.25, 0.3) is 0 Å². The molecule has 75 heavy (non-hydrogen) atoms. The number of allylic oxidation sites excluding steroid dienone is 5. The van der Waals surface area contributed by atoms with Gasteiger partial charge in [-0.1, -0.05) is 307 Å². The van der Waals surface area contributed by atoms with Gasteiger partial charge in [0.25, 0.3) is 0 Å². The molecule has 0 radical (unpaired) electrons. The lowest BCUT2D eigenvalue weighted by Crippen LogP contribution is -2.60. The molecule has 9 heteroatoms. The summed E-state index contributed by atoms with van der Waals surface area (Å²) in [5, 5.41) is 54.4. The predicted molar refractivity (Wildman–Crippen MR) is 318 cm³/mol. The van der Waals surface area contributed by atoms with E-state index in [1.54, 1.807) is 6.08 Å². The average molecular weight is 1060 g/mol. The molecule has 0 spiro atoms. The Kier molecular flexibility index (Phi) is 53.1. The summed E-state index contributed by atoms with van der Waals surface area (Å²) in [4.78, 5) is 13.1.